The first-order valence-electron chi connectivity index (χ1n) is 16.5. The third kappa shape index (κ3) is 5.02. The van der Waals surface area contributed by atoms with E-state index in [4.69, 9.17) is 4.98 Å². The number of hydrogen-bond donors (Lipinski definition) is 0. The lowest BCUT2D eigenvalue weighted by Crippen LogP contribution is -2.21. The van der Waals surface area contributed by atoms with E-state index in [9.17, 15) is 0 Å². The lowest BCUT2D eigenvalue weighted by molar-refractivity contribution is 0.961. The summed E-state index contributed by atoms with van der Waals surface area (Å²) in [5.74, 6) is 0.938. The van der Waals surface area contributed by atoms with Gasteiger partial charge >= 0.3 is 0 Å². The summed E-state index contributed by atoms with van der Waals surface area (Å²) in [5, 5.41) is 0. The molecule has 0 bridgehead atoms. The Balaban J connectivity index is 1.01. The van der Waals surface area contributed by atoms with E-state index < -0.39 is 0 Å². The van der Waals surface area contributed by atoms with Crippen LogP contribution < -0.4 is 4.90 Å². The molecule has 0 radical (unpaired) electrons. The van der Waals surface area contributed by atoms with Crippen LogP contribution in [-0.2, 0) is 6.54 Å². The van der Waals surface area contributed by atoms with Gasteiger partial charge in [0, 0.05) is 29.0 Å². The van der Waals surface area contributed by atoms with E-state index in [1.807, 2.05) is 24.3 Å². The van der Waals surface area contributed by atoms with Crippen LogP contribution in [0.5, 0.6) is 0 Å². The van der Waals surface area contributed by atoms with Crippen LogP contribution in [0.2, 0.25) is 0 Å². The van der Waals surface area contributed by atoms with Gasteiger partial charge in [0.2, 0.25) is 0 Å². The summed E-state index contributed by atoms with van der Waals surface area (Å²) >= 11 is 0. The number of rotatable bonds is 6. The zero-order valence-electron chi connectivity index (χ0n) is 26.9. The molecule has 0 saturated carbocycles. The second-order valence-corrected chi connectivity index (χ2v) is 12.4. The topological polar surface area (TPSA) is 33.4 Å². The minimum atomic E-state index is 0.774. The molecule has 1 aliphatic heterocycles. The summed E-state index contributed by atoms with van der Waals surface area (Å²) in [7, 11) is 0. The van der Waals surface area contributed by atoms with Gasteiger partial charge in [0.05, 0.1) is 22.4 Å². The zero-order valence-corrected chi connectivity index (χ0v) is 26.9. The molecule has 4 nitrogen and oxygen atoms in total. The molecule has 0 unspecified atom stereocenters. The quantitative estimate of drug-likeness (QED) is 0.172. The molecule has 0 spiro atoms. The molecule has 9 rings (SSSR count). The molecular weight excluding hydrogens is 597 g/mol. The Kier molecular flexibility index (Phi) is 6.98. The Morgan fingerprint density at radius 3 is 1.86 bits per heavy atom. The van der Waals surface area contributed by atoms with Gasteiger partial charge in [-0.05, 0) is 88.6 Å². The van der Waals surface area contributed by atoms with Gasteiger partial charge in [-0.2, -0.15) is 0 Å². The lowest BCUT2D eigenvalue weighted by Gasteiger charge is -2.34. The largest absolute Gasteiger partial charge is 0.335 e. The molecule has 4 heteroatoms. The van der Waals surface area contributed by atoms with Crippen molar-refractivity contribution in [3.8, 4) is 50.5 Å². The number of anilines is 2. The molecule has 0 fully saturated rings. The van der Waals surface area contributed by atoms with Crippen molar-refractivity contribution in [3.05, 3.63) is 175 Å². The van der Waals surface area contributed by atoms with Gasteiger partial charge in [0.25, 0.3) is 0 Å². The molecule has 0 aliphatic carbocycles. The molecule has 2 heterocycles. The molecule has 1 aliphatic rings. The smallest absolute Gasteiger partial charge is 0.145 e. The van der Waals surface area contributed by atoms with Gasteiger partial charge in [-0.1, -0.05) is 121 Å². The van der Waals surface area contributed by atoms with Gasteiger partial charge in [0.1, 0.15) is 5.82 Å². The molecule has 232 valence electrons. The fourth-order valence-corrected chi connectivity index (χ4v) is 7.10. The first kappa shape index (κ1) is 28.7. The maximum Gasteiger partial charge on any atom is 0.145 e. The van der Waals surface area contributed by atoms with E-state index in [0.717, 1.165) is 46.0 Å². The minimum absolute atomic E-state index is 0.774. The summed E-state index contributed by atoms with van der Waals surface area (Å²) in [6, 6.07) is 60.1. The third-order valence-corrected chi connectivity index (χ3v) is 9.54. The monoisotopic (exact) mass is 628 g/mol. The highest BCUT2D eigenvalue weighted by molar-refractivity contribution is 5.91. The molecule has 0 atom stereocenters. The van der Waals surface area contributed by atoms with Crippen LogP contribution in [0.4, 0.5) is 17.1 Å². The van der Waals surface area contributed by atoms with E-state index in [1.54, 1.807) is 0 Å². The van der Waals surface area contributed by atoms with Crippen molar-refractivity contribution in [2.75, 3.05) is 4.90 Å². The van der Waals surface area contributed by atoms with Crippen molar-refractivity contribution >= 4 is 34.8 Å². The SMILES string of the molecule is C=Nc1ccccc1N1Cc2ccc(-c3ccc(-c4ccc(-c5nc6ccccc6n5-c5ccccc5)cc4)cc3)cc2-c2ccccc21. The van der Waals surface area contributed by atoms with Crippen molar-refractivity contribution in [2.24, 2.45) is 4.99 Å². The summed E-state index contributed by atoms with van der Waals surface area (Å²) in [4.78, 5) is 11.7. The Hall–Kier alpha value is -6.52. The van der Waals surface area contributed by atoms with Crippen molar-refractivity contribution in [3.63, 3.8) is 0 Å². The molecular formula is C45H32N4. The van der Waals surface area contributed by atoms with Crippen LogP contribution in [0.25, 0.3) is 61.5 Å². The molecule has 0 N–H and O–H groups in total. The van der Waals surface area contributed by atoms with E-state index in [1.165, 1.54) is 44.6 Å². The summed E-state index contributed by atoms with van der Waals surface area (Å²) < 4.78 is 2.24. The summed E-state index contributed by atoms with van der Waals surface area (Å²) in [6.45, 7) is 4.59. The average molecular weight is 629 g/mol. The van der Waals surface area contributed by atoms with Gasteiger partial charge in [-0.25, -0.2) is 4.98 Å². The maximum absolute atomic E-state index is 5.03. The third-order valence-electron chi connectivity index (χ3n) is 9.54. The van der Waals surface area contributed by atoms with Gasteiger partial charge in [-0.3, -0.25) is 9.56 Å². The van der Waals surface area contributed by atoms with E-state index in [-0.39, 0.29) is 0 Å². The highest BCUT2D eigenvalue weighted by atomic mass is 15.2. The molecule has 0 amide bonds. The molecule has 49 heavy (non-hydrogen) atoms. The van der Waals surface area contributed by atoms with Gasteiger partial charge < -0.3 is 4.90 Å². The molecule has 1 aromatic heterocycles. The number of aliphatic imine (C=N–C) groups is 1. The van der Waals surface area contributed by atoms with E-state index in [2.05, 4.69) is 167 Å². The van der Waals surface area contributed by atoms with Crippen LogP contribution >= 0.6 is 0 Å². The number of nitrogens with zero attached hydrogens (tertiary/aromatic N) is 4. The summed E-state index contributed by atoms with van der Waals surface area (Å²) in [6.07, 6.45) is 0. The second kappa shape index (κ2) is 11.9. The minimum Gasteiger partial charge on any atom is -0.335 e. The molecule has 8 aromatic rings. The average Bonchev–Trinajstić information content (AvgIpc) is 3.58. The Morgan fingerprint density at radius 1 is 0.510 bits per heavy atom. The Bertz CT molecular complexity index is 2470. The van der Waals surface area contributed by atoms with E-state index in [0.29, 0.717) is 0 Å². The predicted molar refractivity (Wildman–Crippen MR) is 204 cm³/mol. The van der Waals surface area contributed by atoms with Crippen LogP contribution in [0.15, 0.2) is 175 Å². The number of aromatic nitrogens is 2. The first-order valence-corrected chi connectivity index (χ1v) is 16.5. The van der Waals surface area contributed by atoms with Crippen molar-refractivity contribution in [1.82, 2.24) is 9.55 Å². The molecule has 7 aromatic carbocycles. The number of hydrogen-bond acceptors (Lipinski definition) is 3. The number of fused-ring (bicyclic) bond motifs is 4. The fourth-order valence-electron chi connectivity index (χ4n) is 7.10. The first-order chi connectivity index (χ1) is 24.2. The second-order valence-electron chi connectivity index (χ2n) is 12.4. The van der Waals surface area contributed by atoms with E-state index >= 15 is 0 Å². The predicted octanol–water partition coefficient (Wildman–Crippen LogP) is 11.7. The van der Waals surface area contributed by atoms with Crippen molar-refractivity contribution in [2.45, 2.75) is 6.54 Å². The van der Waals surface area contributed by atoms with Crippen LogP contribution in [0.1, 0.15) is 5.56 Å². The zero-order chi connectivity index (χ0) is 32.7. The Labute approximate surface area is 285 Å². The van der Waals surface area contributed by atoms with Gasteiger partial charge in [0.15, 0.2) is 0 Å². The normalized spacial score (nSPS) is 12.0. The lowest BCUT2D eigenvalue weighted by atomic mass is 9.89. The fraction of sp³-hybridized carbons (Fsp3) is 0.0222. The molecule has 0 saturated heterocycles. The summed E-state index contributed by atoms with van der Waals surface area (Å²) in [5.41, 5.74) is 15.9. The maximum atomic E-state index is 5.03. The number of imidazole rings is 1. The highest BCUT2D eigenvalue weighted by Gasteiger charge is 2.24. The van der Waals surface area contributed by atoms with Crippen LogP contribution in [0.3, 0.4) is 0 Å². The van der Waals surface area contributed by atoms with Crippen LogP contribution in [0, 0.1) is 0 Å². The standard InChI is InChI=1S/C45H32N4/c1-46-40-14-6-9-17-43(40)48-30-36-28-27-35(29-39(36)38-13-5-8-16-42(38)48)33-21-19-31(20-22-33)32-23-25-34(26-24-32)45-47-41-15-7-10-18-44(41)49(45)37-11-3-2-4-12-37/h2-29H,1,30H2. The number of benzene rings is 7. The van der Waals surface area contributed by atoms with Crippen molar-refractivity contribution < 1.29 is 0 Å². The highest BCUT2D eigenvalue weighted by Crippen LogP contribution is 2.46. The van der Waals surface area contributed by atoms with Crippen LogP contribution in [-0.4, -0.2) is 16.3 Å². The van der Waals surface area contributed by atoms with Crippen molar-refractivity contribution in [1.29, 1.82) is 0 Å². The number of para-hydroxylation sites is 6. The Morgan fingerprint density at radius 2 is 1.10 bits per heavy atom. The van der Waals surface area contributed by atoms with Gasteiger partial charge in [-0.15, -0.1) is 0 Å².